The Bertz CT molecular complexity index is 1090. The van der Waals surface area contributed by atoms with Crippen molar-refractivity contribution >= 4 is 74.3 Å². The van der Waals surface area contributed by atoms with Crippen molar-refractivity contribution in [3.8, 4) is 5.75 Å². The highest BCUT2D eigenvalue weighted by molar-refractivity contribution is 14.1. The summed E-state index contributed by atoms with van der Waals surface area (Å²) in [6.45, 7) is 9.59. The standard InChI is InChI=1S/C25H30I2N2O3.ClH/c1-5-8-12-21-22(17-11-9-10-13-20(17)31-21)23(30)18-14-16(26)15-19(27)24(18)32-25(4,28-6-2)29-7-3;/h9-11,13-15,28-29H,5-8,12H2,1-4H3;1H. The fourth-order valence-corrected chi connectivity index (χ4v) is 5.79. The number of ether oxygens (including phenoxy) is 1. The molecule has 2 aromatic carbocycles. The van der Waals surface area contributed by atoms with Crippen LogP contribution in [0.5, 0.6) is 5.75 Å². The molecule has 5 nitrogen and oxygen atoms in total. The van der Waals surface area contributed by atoms with Gasteiger partial charge in [0.1, 0.15) is 17.1 Å². The molecular formula is C25H31ClI2N2O3. The number of aryl methyl sites for hydroxylation is 1. The summed E-state index contributed by atoms with van der Waals surface area (Å²) in [6, 6.07) is 11.7. The first-order chi connectivity index (χ1) is 15.3. The molecule has 1 heterocycles. The van der Waals surface area contributed by atoms with Gasteiger partial charge in [0.25, 0.3) is 0 Å². The van der Waals surface area contributed by atoms with Gasteiger partial charge >= 0.3 is 0 Å². The zero-order valence-electron chi connectivity index (χ0n) is 19.4. The first kappa shape index (κ1) is 28.4. The molecule has 0 bridgehead atoms. The number of ketones is 1. The minimum absolute atomic E-state index is 0. The van der Waals surface area contributed by atoms with Crippen LogP contribution in [0.3, 0.4) is 0 Å². The first-order valence-electron chi connectivity index (χ1n) is 11.1. The SMILES string of the molecule is CCCCc1oc2ccccc2c1C(=O)c1cc(I)cc(I)c1OC(C)(NCC)NCC.Cl. The number of halogens is 3. The Morgan fingerprint density at radius 3 is 2.39 bits per heavy atom. The van der Waals surface area contributed by atoms with Crippen LogP contribution in [0.25, 0.3) is 11.0 Å². The minimum Gasteiger partial charge on any atom is -0.460 e. The Hall–Kier alpha value is -0.880. The van der Waals surface area contributed by atoms with E-state index >= 15 is 0 Å². The van der Waals surface area contributed by atoms with Crippen LogP contribution >= 0.6 is 57.6 Å². The zero-order chi connectivity index (χ0) is 23.3. The fourth-order valence-electron chi connectivity index (χ4n) is 3.84. The van der Waals surface area contributed by atoms with Crippen LogP contribution in [-0.4, -0.2) is 24.7 Å². The third kappa shape index (κ3) is 6.62. The van der Waals surface area contributed by atoms with Gasteiger partial charge in [0.05, 0.1) is 14.7 Å². The Balaban J connectivity index is 0.00000385. The molecule has 0 fully saturated rings. The van der Waals surface area contributed by atoms with E-state index in [9.17, 15) is 4.79 Å². The summed E-state index contributed by atoms with van der Waals surface area (Å²) in [5, 5.41) is 7.55. The molecule has 0 atom stereocenters. The Morgan fingerprint density at radius 1 is 1.09 bits per heavy atom. The number of nitrogens with one attached hydrogen (secondary N) is 2. The van der Waals surface area contributed by atoms with Gasteiger partial charge in [-0.3, -0.25) is 15.4 Å². The minimum atomic E-state index is -0.797. The van der Waals surface area contributed by atoms with Crippen LogP contribution in [-0.2, 0) is 6.42 Å². The average Bonchev–Trinajstić information content (AvgIpc) is 3.12. The van der Waals surface area contributed by atoms with Gasteiger partial charge in [-0.25, -0.2) is 0 Å². The smallest absolute Gasteiger partial charge is 0.214 e. The summed E-state index contributed by atoms with van der Waals surface area (Å²) in [7, 11) is 0. The number of furan rings is 1. The van der Waals surface area contributed by atoms with Crippen LogP contribution in [0.2, 0.25) is 0 Å². The molecule has 0 aliphatic carbocycles. The normalized spacial score (nSPS) is 11.5. The van der Waals surface area contributed by atoms with Crippen LogP contribution in [0.1, 0.15) is 62.2 Å². The lowest BCUT2D eigenvalue weighted by atomic mass is 9.97. The van der Waals surface area contributed by atoms with E-state index in [0.29, 0.717) is 16.9 Å². The van der Waals surface area contributed by atoms with Crippen molar-refractivity contribution in [2.45, 2.75) is 52.8 Å². The van der Waals surface area contributed by atoms with E-state index < -0.39 is 5.85 Å². The molecule has 0 saturated heterocycles. The van der Waals surface area contributed by atoms with Crippen molar-refractivity contribution < 1.29 is 13.9 Å². The van der Waals surface area contributed by atoms with Crippen LogP contribution in [0.15, 0.2) is 40.8 Å². The van der Waals surface area contributed by atoms with Crippen molar-refractivity contribution in [3.05, 3.63) is 60.4 Å². The quantitative estimate of drug-likeness (QED) is 0.130. The van der Waals surface area contributed by atoms with Gasteiger partial charge in [-0.2, -0.15) is 0 Å². The van der Waals surface area contributed by atoms with E-state index in [1.807, 2.05) is 57.2 Å². The van der Waals surface area contributed by atoms with Crippen LogP contribution in [0, 0.1) is 7.14 Å². The third-order valence-corrected chi connectivity index (χ3v) is 6.66. The molecule has 0 radical (unpaired) electrons. The van der Waals surface area contributed by atoms with E-state index in [0.717, 1.165) is 56.2 Å². The zero-order valence-corrected chi connectivity index (χ0v) is 24.5. The van der Waals surface area contributed by atoms with Crippen molar-refractivity contribution in [1.29, 1.82) is 0 Å². The molecule has 180 valence electrons. The van der Waals surface area contributed by atoms with E-state index in [4.69, 9.17) is 9.15 Å². The largest absolute Gasteiger partial charge is 0.460 e. The van der Waals surface area contributed by atoms with Crippen LogP contribution in [0.4, 0.5) is 0 Å². The monoisotopic (exact) mass is 696 g/mol. The Kier molecular flexibility index (Phi) is 10.9. The molecule has 0 amide bonds. The average molecular weight is 697 g/mol. The van der Waals surface area contributed by atoms with Crippen molar-refractivity contribution in [3.63, 3.8) is 0 Å². The lowest BCUT2D eigenvalue weighted by Gasteiger charge is -2.33. The fraction of sp³-hybridized carbons (Fsp3) is 0.400. The van der Waals surface area contributed by atoms with E-state index in [1.54, 1.807) is 0 Å². The topological polar surface area (TPSA) is 63.5 Å². The number of benzene rings is 2. The van der Waals surface area contributed by atoms with Gasteiger partial charge in [0.15, 0.2) is 0 Å². The number of carbonyl (C=O) groups is 1. The molecular weight excluding hydrogens is 666 g/mol. The second kappa shape index (κ2) is 12.7. The maximum absolute atomic E-state index is 14.0. The maximum atomic E-state index is 14.0. The van der Waals surface area contributed by atoms with Gasteiger partial charge < -0.3 is 9.15 Å². The number of rotatable bonds is 11. The van der Waals surface area contributed by atoms with Crippen molar-refractivity contribution in [2.24, 2.45) is 0 Å². The number of para-hydroxylation sites is 1. The molecule has 3 aromatic rings. The predicted molar refractivity (Wildman–Crippen MR) is 154 cm³/mol. The summed E-state index contributed by atoms with van der Waals surface area (Å²) in [5.74, 6) is 0.461. The molecule has 0 aliphatic rings. The summed E-state index contributed by atoms with van der Waals surface area (Å²) >= 11 is 4.50. The highest BCUT2D eigenvalue weighted by Crippen LogP contribution is 2.36. The number of unbranched alkanes of at least 4 members (excludes halogenated alkanes) is 1. The molecule has 0 saturated carbocycles. The van der Waals surface area contributed by atoms with E-state index in [-0.39, 0.29) is 18.2 Å². The summed E-state index contributed by atoms with van der Waals surface area (Å²) in [4.78, 5) is 14.0. The highest BCUT2D eigenvalue weighted by Gasteiger charge is 2.30. The molecule has 0 aliphatic heterocycles. The molecule has 2 N–H and O–H groups in total. The number of hydrogen-bond acceptors (Lipinski definition) is 5. The van der Waals surface area contributed by atoms with Crippen LogP contribution < -0.4 is 15.4 Å². The van der Waals surface area contributed by atoms with Gasteiger partial charge in [-0.15, -0.1) is 12.4 Å². The Labute approximate surface area is 229 Å². The second-order valence-electron chi connectivity index (χ2n) is 7.79. The number of fused-ring (bicyclic) bond motifs is 1. The highest BCUT2D eigenvalue weighted by atomic mass is 127. The lowest BCUT2D eigenvalue weighted by Crippen LogP contribution is -2.59. The summed E-state index contributed by atoms with van der Waals surface area (Å²) < 4.78 is 14.5. The predicted octanol–water partition coefficient (Wildman–Crippen LogP) is 6.91. The number of carbonyl (C=O) groups excluding carboxylic acids is 1. The molecule has 8 heteroatoms. The Morgan fingerprint density at radius 2 is 1.76 bits per heavy atom. The molecule has 3 rings (SSSR count). The third-order valence-electron chi connectivity index (χ3n) is 5.24. The summed E-state index contributed by atoms with van der Waals surface area (Å²) in [6.07, 6.45) is 2.73. The van der Waals surface area contributed by atoms with E-state index in [1.165, 1.54) is 0 Å². The first-order valence-corrected chi connectivity index (χ1v) is 13.2. The maximum Gasteiger partial charge on any atom is 0.214 e. The van der Waals surface area contributed by atoms with Gasteiger partial charge in [0, 0.05) is 22.3 Å². The van der Waals surface area contributed by atoms with Gasteiger partial charge in [-0.05, 0) is 82.9 Å². The van der Waals surface area contributed by atoms with Crippen molar-refractivity contribution in [1.82, 2.24) is 10.6 Å². The number of hydrogen-bond donors (Lipinski definition) is 2. The van der Waals surface area contributed by atoms with Gasteiger partial charge in [0.2, 0.25) is 11.6 Å². The second-order valence-corrected chi connectivity index (χ2v) is 10.2. The molecule has 0 spiro atoms. The lowest BCUT2D eigenvalue weighted by molar-refractivity contribution is 0.0189. The molecule has 33 heavy (non-hydrogen) atoms. The molecule has 1 aromatic heterocycles. The van der Waals surface area contributed by atoms with Crippen molar-refractivity contribution in [2.75, 3.05) is 13.1 Å². The molecule has 0 unspecified atom stereocenters. The summed E-state index contributed by atoms with van der Waals surface area (Å²) in [5.41, 5.74) is 1.94. The van der Waals surface area contributed by atoms with Gasteiger partial charge in [-0.1, -0.05) is 45.4 Å². The van der Waals surface area contributed by atoms with E-state index in [2.05, 4.69) is 62.7 Å².